The van der Waals surface area contributed by atoms with Crippen molar-refractivity contribution < 1.29 is 35.7 Å². The third-order valence-electron chi connectivity index (χ3n) is 7.39. The number of likely N-dealkylation sites (N-methyl/N-ethyl adjacent to an activating group) is 1. The van der Waals surface area contributed by atoms with Crippen molar-refractivity contribution in [2.45, 2.75) is 79.7 Å². The van der Waals surface area contributed by atoms with Gasteiger partial charge in [0.25, 0.3) is 0 Å². The Balaban J connectivity index is 0.00000760. The van der Waals surface area contributed by atoms with E-state index in [0.29, 0.717) is 18.6 Å². The van der Waals surface area contributed by atoms with E-state index in [-0.39, 0.29) is 22.4 Å². The molecule has 0 atom stereocenters. The van der Waals surface area contributed by atoms with Gasteiger partial charge in [-0.15, -0.1) is 0 Å². The maximum absolute atomic E-state index is 6.00. The van der Waals surface area contributed by atoms with Gasteiger partial charge in [-0.1, -0.05) is 62.7 Å². The average molecular weight is 672 g/mol. The molecule has 0 amide bonds. The van der Waals surface area contributed by atoms with Crippen molar-refractivity contribution in [1.29, 1.82) is 0 Å². The molecule has 0 saturated heterocycles. The number of hydrogen-bond acceptors (Lipinski definition) is 3. The van der Waals surface area contributed by atoms with E-state index in [4.69, 9.17) is 14.2 Å². The highest BCUT2D eigenvalue weighted by Crippen LogP contribution is 2.36. The lowest BCUT2D eigenvalue weighted by Gasteiger charge is -2.37. The van der Waals surface area contributed by atoms with Gasteiger partial charge in [0.2, 0.25) is 0 Å². The quantitative estimate of drug-likeness (QED) is 0.121. The van der Waals surface area contributed by atoms with E-state index in [1.165, 1.54) is 11.1 Å². The first-order chi connectivity index (χ1) is 18.0. The molecule has 4 nitrogen and oxygen atoms in total. The van der Waals surface area contributed by atoms with Crippen LogP contribution in [0.4, 0.5) is 0 Å². The van der Waals surface area contributed by atoms with Crippen LogP contribution in [-0.4, -0.2) is 55.9 Å². The molecule has 2 rings (SSSR count). The van der Waals surface area contributed by atoms with Crippen LogP contribution in [0.2, 0.25) is 0 Å². The topological polar surface area (TPSA) is 27.7 Å². The van der Waals surface area contributed by atoms with Crippen molar-refractivity contribution in [3.63, 3.8) is 0 Å². The maximum Gasteiger partial charge on any atom is 0.119 e. The number of hydrogen-bond donors (Lipinski definition) is 0. The van der Waals surface area contributed by atoms with Gasteiger partial charge in [0, 0.05) is 10.9 Å². The highest BCUT2D eigenvalue weighted by molar-refractivity contribution is 9.09. The lowest BCUT2D eigenvalue weighted by atomic mass is 9.72. The Bertz CT molecular complexity index is 904. The van der Waals surface area contributed by atoms with E-state index < -0.39 is 0 Å². The summed E-state index contributed by atoms with van der Waals surface area (Å²) in [6.45, 7) is 23.0. The Morgan fingerprint density at radius 1 is 0.718 bits per heavy atom. The lowest BCUT2D eigenvalue weighted by molar-refractivity contribution is -0.938. The van der Waals surface area contributed by atoms with Crippen LogP contribution in [0.1, 0.15) is 78.9 Å². The zero-order valence-corrected chi connectivity index (χ0v) is 28.7. The van der Waals surface area contributed by atoms with Crippen molar-refractivity contribution in [3.8, 4) is 11.5 Å². The summed E-state index contributed by atoms with van der Waals surface area (Å²) >= 11 is 3.47. The summed E-state index contributed by atoms with van der Waals surface area (Å²) in [6, 6.07) is 17.2. The van der Waals surface area contributed by atoms with Crippen molar-refractivity contribution >= 4 is 15.9 Å². The number of halogens is 2. The fraction of sp³-hybridized carbons (Fsp3) is 0.636. The van der Waals surface area contributed by atoms with Gasteiger partial charge < -0.3 is 35.7 Å². The fourth-order valence-corrected chi connectivity index (χ4v) is 5.71. The zero-order chi connectivity index (χ0) is 28.1. The van der Waals surface area contributed by atoms with Crippen molar-refractivity contribution in [1.82, 2.24) is 0 Å². The van der Waals surface area contributed by atoms with Crippen LogP contribution >= 0.6 is 15.9 Å². The molecule has 2 aromatic carbocycles. The first-order valence-electron chi connectivity index (χ1n) is 14.5. The molecular formula is C33H53Br2NO3. The predicted octanol–water partition coefficient (Wildman–Crippen LogP) is 5.41. The third-order valence-corrected chi connectivity index (χ3v) is 7.95. The third kappa shape index (κ3) is 13.4. The molecule has 0 aliphatic rings. The molecule has 222 valence electrons. The molecule has 0 aromatic heterocycles. The summed E-state index contributed by atoms with van der Waals surface area (Å²) in [6.07, 6.45) is 3.36. The Hall–Kier alpha value is -1.08. The Labute approximate surface area is 258 Å². The minimum Gasteiger partial charge on any atom is -1.00 e. The first kappa shape index (κ1) is 35.9. The standard InChI is InChI=1S/C33H53BrNO3.BrH/c1-8-35(9-2,26-28-12-16-30(17-13-28)37-22-11-10-20-34)21-23-36-24-25-38-31-18-14-29(15-19-31)33(6,7)27-32(3,4)5;/h12-19H,8-11,20-27H2,1-7H3;1H/q+1;/p-1. The molecule has 6 heteroatoms. The highest BCUT2D eigenvalue weighted by Gasteiger charge is 2.27. The molecule has 0 fully saturated rings. The second-order valence-corrected chi connectivity index (χ2v) is 13.1. The molecule has 0 bridgehead atoms. The minimum absolute atomic E-state index is 0. The molecule has 0 aliphatic carbocycles. The SMILES string of the molecule is CC[N+](CC)(CCOCCOc1ccc(C(C)(C)CC(C)(C)C)cc1)Cc1ccc(OCCCCBr)cc1.[Br-]. The lowest BCUT2D eigenvalue weighted by Crippen LogP contribution is -3.00. The second kappa shape index (κ2) is 17.7. The summed E-state index contributed by atoms with van der Waals surface area (Å²) in [4.78, 5) is 0. The number of ether oxygens (including phenoxy) is 3. The van der Waals surface area contributed by atoms with Crippen LogP contribution in [0.25, 0.3) is 0 Å². The van der Waals surface area contributed by atoms with Gasteiger partial charge in [-0.05, 0) is 85.9 Å². The van der Waals surface area contributed by atoms with E-state index in [0.717, 1.165) is 80.0 Å². The molecule has 0 unspecified atom stereocenters. The van der Waals surface area contributed by atoms with E-state index in [1.807, 2.05) is 0 Å². The number of rotatable bonds is 18. The van der Waals surface area contributed by atoms with Gasteiger partial charge in [0.05, 0.1) is 32.9 Å². The molecule has 0 spiro atoms. The fourth-order valence-electron chi connectivity index (χ4n) is 5.32. The molecule has 0 heterocycles. The van der Waals surface area contributed by atoms with Crippen molar-refractivity contribution in [2.75, 3.05) is 51.4 Å². The Kier molecular flexibility index (Phi) is 16.3. The van der Waals surface area contributed by atoms with Gasteiger partial charge in [0.15, 0.2) is 0 Å². The van der Waals surface area contributed by atoms with Crippen LogP contribution in [0.3, 0.4) is 0 Å². The number of alkyl halides is 1. The van der Waals surface area contributed by atoms with Crippen molar-refractivity contribution in [3.05, 3.63) is 59.7 Å². The second-order valence-electron chi connectivity index (χ2n) is 12.4. The first-order valence-corrected chi connectivity index (χ1v) is 15.6. The smallest absolute Gasteiger partial charge is 0.119 e. The molecule has 0 N–H and O–H groups in total. The summed E-state index contributed by atoms with van der Waals surface area (Å²) in [5.41, 5.74) is 3.15. The van der Waals surface area contributed by atoms with E-state index in [9.17, 15) is 0 Å². The predicted molar refractivity (Wildman–Crippen MR) is 165 cm³/mol. The molecule has 0 saturated carbocycles. The summed E-state index contributed by atoms with van der Waals surface area (Å²) in [7, 11) is 0. The normalized spacial score (nSPS) is 12.2. The number of unbranched alkanes of at least 4 members (excludes halogenated alkanes) is 1. The van der Waals surface area contributed by atoms with E-state index in [1.54, 1.807) is 0 Å². The van der Waals surface area contributed by atoms with Crippen LogP contribution in [0, 0.1) is 5.41 Å². The van der Waals surface area contributed by atoms with Crippen LogP contribution < -0.4 is 26.5 Å². The summed E-state index contributed by atoms with van der Waals surface area (Å²) in [5.74, 6) is 1.87. The number of nitrogens with zero attached hydrogens (tertiary/aromatic N) is 1. The highest BCUT2D eigenvalue weighted by atomic mass is 79.9. The molecule has 0 aliphatic heterocycles. The summed E-state index contributed by atoms with van der Waals surface area (Å²) < 4.78 is 18.8. The van der Waals surface area contributed by atoms with E-state index in [2.05, 4.69) is 113 Å². The summed E-state index contributed by atoms with van der Waals surface area (Å²) in [5, 5.41) is 1.03. The molecule has 39 heavy (non-hydrogen) atoms. The van der Waals surface area contributed by atoms with Crippen LogP contribution in [0.15, 0.2) is 48.5 Å². The van der Waals surface area contributed by atoms with Crippen molar-refractivity contribution in [2.24, 2.45) is 5.41 Å². The van der Waals surface area contributed by atoms with Crippen LogP contribution in [-0.2, 0) is 16.7 Å². The zero-order valence-electron chi connectivity index (χ0n) is 25.5. The average Bonchev–Trinajstić information content (AvgIpc) is 2.88. The van der Waals surface area contributed by atoms with Gasteiger partial charge in [-0.2, -0.15) is 0 Å². The number of benzene rings is 2. The molecule has 0 radical (unpaired) electrons. The van der Waals surface area contributed by atoms with Gasteiger partial charge in [-0.25, -0.2) is 0 Å². The maximum atomic E-state index is 6.00. The van der Waals surface area contributed by atoms with E-state index >= 15 is 0 Å². The minimum atomic E-state index is 0. The van der Waals surface area contributed by atoms with Crippen LogP contribution in [0.5, 0.6) is 11.5 Å². The van der Waals surface area contributed by atoms with Gasteiger partial charge in [0.1, 0.15) is 31.2 Å². The number of quaternary nitrogens is 1. The Morgan fingerprint density at radius 3 is 1.82 bits per heavy atom. The van der Waals surface area contributed by atoms with Gasteiger partial charge in [-0.3, -0.25) is 0 Å². The molecule has 2 aromatic rings. The monoisotopic (exact) mass is 669 g/mol. The largest absolute Gasteiger partial charge is 1.00 e. The molecular weight excluding hydrogens is 618 g/mol. The van der Waals surface area contributed by atoms with Gasteiger partial charge >= 0.3 is 0 Å². The Morgan fingerprint density at radius 2 is 1.28 bits per heavy atom.